The van der Waals surface area contributed by atoms with Crippen LogP contribution in [0.25, 0.3) is 16.7 Å². The van der Waals surface area contributed by atoms with E-state index < -0.39 is 17.4 Å². The van der Waals surface area contributed by atoms with E-state index in [0.717, 1.165) is 16.7 Å². The minimum Gasteiger partial charge on any atom is -0.267 e. The third kappa shape index (κ3) is 3.01. The molecule has 2 heterocycles. The first-order valence-electron chi connectivity index (χ1n) is 6.72. The molecule has 25 heavy (non-hydrogen) atoms. The molecule has 0 bridgehead atoms. The lowest BCUT2D eigenvalue weighted by Gasteiger charge is -2.14. The number of hydrogen-bond donors (Lipinski definition) is 0. The third-order valence-corrected chi connectivity index (χ3v) is 4.37. The van der Waals surface area contributed by atoms with Crippen molar-refractivity contribution in [1.29, 1.82) is 5.26 Å². The number of benzene rings is 1. The number of hydrogen-bond acceptors (Lipinski definition) is 3. The van der Waals surface area contributed by atoms with Crippen LogP contribution in [-0.4, -0.2) is 9.55 Å². The Morgan fingerprint density at radius 2 is 1.80 bits per heavy atom. The van der Waals surface area contributed by atoms with Crippen molar-refractivity contribution in [1.82, 2.24) is 9.55 Å². The molecular weight excluding hydrogens is 423 g/mol. The molecule has 0 radical (unpaired) electrons. The average Bonchev–Trinajstić information content (AvgIpc) is 2.56. The van der Waals surface area contributed by atoms with E-state index in [0.29, 0.717) is 4.47 Å². The first-order valence-corrected chi connectivity index (χ1v) is 7.89. The molecule has 0 aliphatic carbocycles. The van der Waals surface area contributed by atoms with Crippen molar-refractivity contribution in [2.75, 3.05) is 0 Å². The molecule has 3 rings (SSSR count). The number of nitrogens with zero attached hydrogens (tertiary/aromatic N) is 3. The molecule has 0 saturated carbocycles. The molecule has 4 nitrogen and oxygen atoms in total. The molecule has 0 amide bonds. The largest absolute Gasteiger partial charge is 0.433 e. The van der Waals surface area contributed by atoms with Gasteiger partial charge in [-0.2, -0.15) is 18.4 Å². The summed E-state index contributed by atoms with van der Waals surface area (Å²) in [5.41, 5.74) is -2.37. The summed E-state index contributed by atoms with van der Waals surface area (Å²) in [5.74, 6) is 0. The highest BCUT2D eigenvalue weighted by atomic mass is 79.9. The number of aromatic nitrogens is 2. The van der Waals surface area contributed by atoms with Gasteiger partial charge in [-0.05, 0) is 36.4 Å². The lowest BCUT2D eigenvalue weighted by molar-refractivity contribution is -0.141. The van der Waals surface area contributed by atoms with Crippen LogP contribution in [0.1, 0.15) is 11.3 Å². The molecule has 1 aromatic carbocycles. The zero-order valence-electron chi connectivity index (χ0n) is 12.1. The Bertz CT molecular complexity index is 1090. The molecule has 9 heteroatoms. The van der Waals surface area contributed by atoms with Crippen LogP contribution in [-0.2, 0) is 6.18 Å². The van der Waals surface area contributed by atoms with Gasteiger partial charge in [-0.1, -0.05) is 27.5 Å². The van der Waals surface area contributed by atoms with E-state index in [4.69, 9.17) is 11.6 Å². The van der Waals surface area contributed by atoms with E-state index in [1.54, 1.807) is 18.2 Å². The topological polar surface area (TPSA) is 58.7 Å². The van der Waals surface area contributed by atoms with Gasteiger partial charge in [0.2, 0.25) is 0 Å². The first-order chi connectivity index (χ1) is 11.7. The SMILES string of the molecule is N#Cc1c(Cl)c2ccc(C(F)(F)F)nc2n(-c2ccc(Br)cc2)c1=O. The van der Waals surface area contributed by atoms with Gasteiger partial charge in [0.05, 0.1) is 10.7 Å². The number of nitriles is 1. The average molecular weight is 429 g/mol. The lowest BCUT2D eigenvalue weighted by atomic mass is 10.1. The second kappa shape index (κ2) is 6.17. The van der Waals surface area contributed by atoms with Gasteiger partial charge in [0.25, 0.3) is 5.56 Å². The standard InChI is InChI=1S/C16H6BrClF3N3O/c17-8-1-3-9(4-2-8)24-14-10(13(18)11(7-22)15(24)25)5-6-12(23-14)16(19,20)21/h1-6H. The summed E-state index contributed by atoms with van der Waals surface area (Å²) < 4.78 is 40.7. The van der Waals surface area contributed by atoms with Crippen LogP contribution in [0.2, 0.25) is 5.02 Å². The fraction of sp³-hybridized carbons (Fsp3) is 0.0625. The van der Waals surface area contributed by atoms with Gasteiger partial charge in [0, 0.05) is 9.86 Å². The molecule has 0 fully saturated rings. The molecule has 0 N–H and O–H groups in total. The summed E-state index contributed by atoms with van der Waals surface area (Å²) in [6.07, 6.45) is -4.69. The van der Waals surface area contributed by atoms with Crippen molar-refractivity contribution in [3.63, 3.8) is 0 Å². The van der Waals surface area contributed by atoms with Crippen LogP contribution >= 0.6 is 27.5 Å². The van der Waals surface area contributed by atoms with Gasteiger partial charge in [-0.15, -0.1) is 0 Å². The van der Waals surface area contributed by atoms with Gasteiger partial charge in [-0.25, -0.2) is 4.98 Å². The van der Waals surface area contributed by atoms with Crippen LogP contribution in [0.5, 0.6) is 0 Å². The Kier molecular flexibility index (Phi) is 4.31. The smallest absolute Gasteiger partial charge is 0.267 e. The Balaban J connectivity index is 2.49. The molecule has 126 valence electrons. The van der Waals surface area contributed by atoms with Crippen molar-refractivity contribution in [2.24, 2.45) is 0 Å². The van der Waals surface area contributed by atoms with E-state index in [1.165, 1.54) is 12.1 Å². The Morgan fingerprint density at radius 3 is 2.36 bits per heavy atom. The number of rotatable bonds is 1. The summed E-state index contributed by atoms with van der Waals surface area (Å²) in [6, 6.07) is 9.81. The monoisotopic (exact) mass is 427 g/mol. The third-order valence-electron chi connectivity index (χ3n) is 3.45. The summed E-state index contributed by atoms with van der Waals surface area (Å²) in [6.45, 7) is 0. The number of alkyl halides is 3. The predicted octanol–water partition coefficient (Wildman–Crippen LogP) is 4.69. The van der Waals surface area contributed by atoms with E-state index >= 15 is 0 Å². The van der Waals surface area contributed by atoms with Crippen molar-refractivity contribution in [3.05, 3.63) is 67.5 Å². The van der Waals surface area contributed by atoms with E-state index in [9.17, 15) is 23.2 Å². The van der Waals surface area contributed by atoms with Gasteiger partial charge < -0.3 is 0 Å². The van der Waals surface area contributed by atoms with E-state index in [-0.39, 0.29) is 27.3 Å². The molecule has 0 unspecified atom stereocenters. The number of halogens is 5. The van der Waals surface area contributed by atoms with Crippen LogP contribution in [0.4, 0.5) is 13.2 Å². The van der Waals surface area contributed by atoms with Crippen molar-refractivity contribution >= 4 is 38.6 Å². The fourth-order valence-corrected chi connectivity index (χ4v) is 2.85. The molecule has 0 atom stereocenters. The Hall–Kier alpha value is -2.37. The zero-order valence-corrected chi connectivity index (χ0v) is 14.4. The van der Waals surface area contributed by atoms with Crippen molar-refractivity contribution in [2.45, 2.75) is 6.18 Å². The van der Waals surface area contributed by atoms with Crippen LogP contribution < -0.4 is 5.56 Å². The van der Waals surface area contributed by atoms with Crippen molar-refractivity contribution < 1.29 is 13.2 Å². The Morgan fingerprint density at radius 1 is 1.16 bits per heavy atom. The van der Waals surface area contributed by atoms with Gasteiger partial charge in [-0.3, -0.25) is 9.36 Å². The van der Waals surface area contributed by atoms with Gasteiger partial charge >= 0.3 is 6.18 Å². The highest BCUT2D eigenvalue weighted by Gasteiger charge is 2.33. The van der Waals surface area contributed by atoms with E-state index in [2.05, 4.69) is 20.9 Å². The molecule has 0 spiro atoms. The van der Waals surface area contributed by atoms with Crippen LogP contribution in [0, 0.1) is 11.3 Å². The molecule has 3 aromatic rings. The maximum absolute atomic E-state index is 13.0. The zero-order chi connectivity index (χ0) is 18.4. The first kappa shape index (κ1) is 17.5. The quantitative estimate of drug-likeness (QED) is 0.565. The van der Waals surface area contributed by atoms with Crippen molar-refractivity contribution in [3.8, 4) is 11.8 Å². The lowest BCUT2D eigenvalue weighted by Crippen LogP contribution is -2.23. The molecule has 2 aromatic heterocycles. The Labute approximate surface area is 152 Å². The summed E-state index contributed by atoms with van der Waals surface area (Å²) in [5, 5.41) is 9.05. The summed E-state index contributed by atoms with van der Waals surface area (Å²) in [7, 11) is 0. The van der Waals surface area contributed by atoms with Crippen LogP contribution in [0.3, 0.4) is 0 Å². The normalized spacial score (nSPS) is 11.5. The highest BCUT2D eigenvalue weighted by Crippen LogP contribution is 2.32. The minimum absolute atomic E-state index is 0.0775. The highest BCUT2D eigenvalue weighted by molar-refractivity contribution is 9.10. The molecular formula is C16H6BrClF3N3O. The maximum atomic E-state index is 13.0. The summed E-state index contributed by atoms with van der Waals surface area (Å²) >= 11 is 9.27. The van der Waals surface area contributed by atoms with Crippen LogP contribution in [0.15, 0.2) is 45.7 Å². The second-order valence-corrected chi connectivity index (χ2v) is 6.28. The van der Waals surface area contributed by atoms with Gasteiger partial charge in [0.15, 0.2) is 0 Å². The maximum Gasteiger partial charge on any atom is 0.433 e. The molecule has 0 aliphatic rings. The molecule has 0 saturated heterocycles. The number of fused-ring (bicyclic) bond motifs is 1. The minimum atomic E-state index is -4.69. The van der Waals surface area contributed by atoms with E-state index in [1.807, 2.05) is 0 Å². The second-order valence-electron chi connectivity index (χ2n) is 4.98. The van der Waals surface area contributed by atoms with Gasteiger partial charge in [0.1, 0.15) is 23.0 Å². The summed E-state index contributed by atoms with van der Waals surface area (Å²) in [4.78, 5) is 16.2. The molecule has 0 aliphatic heterocycles. The predicted molar refractivity (Wildman–Crippen MR) is 89.8 cm³/mol. The number of pyridine rings is 2. The fourth-order valence-electron chi connectivity index (χ4n) is 2.31.